The SMILES string of the molecule is N=C(N)CCN1CCC2CCCCC21. The van der Waals surface area contributed by atoms with Gasteiger partial charge in [0.15, 0.2) is 0 Å². The van der Waals surface area contributed by atoms with Gasteiger partial charge in [-0.15, -0.1) is 0 Å². The van der Waals surface area contributed by atoms with Gasteiger partial charge in [-0.25, -0.2) is 0 Å². The van der Waals surface area contributed by atoms with Crippen molar-refractivity contribution in [3.05, 3.63) is 0 Å². The predicted octanol–water partition coefficient (Wildman–Crippen LogP) is 1.58. The number of fused-ring (bicyclic) bond motifs is 1. The molecule has 1 aliphatic heterocycles. The molecule has 0 radical (unpaired) electrons. The van der Waals surface area contributed by atoms with Crippen LogP contribution in [0.25, 0.3) is 0 Å². The summed E-state index contributed by atoms with van der Waals surface area (Å²) in [7, 11) is 0. The number of nitrogens with two attached hydrogens (primary N) is 1. The van der Waals surface area contributed by atoms with E-state index in [1.807, 2.05) is 0 Å². The fourth-order valence-electron chi connectivity index (χ4n) is 3.04. The van der Waals surface area contributed by atoms with Gasteiger partial charge in [0, 0.05) is 19.0 Å². The van der Waals surface area contributed by atoms with Crippen molar-refractivity contribution in [2.45, 2.75) is 44.6 Å². The van der Waals surface area contributed by atoms with Crippen LogP contribution in [0.15, 0.2) is 0 Å². The van der Waals surface area contributed by atoms with E-state index < -0.39 is 0 Å². The highest BCUT2D eigenvalue weighted by atomic mass is 15.2. The van der Waals surface area contributed by atoms with E-state index >= 15 is 0 Å². The molecule has 1 saturated heterocycles. The minimum atomic E-state index is 0.337. The van der Waals surface area contributed by atoms with Crippen LogP contribution in [0.1, 0.15) is 38.5 Å². The van der Waals surface area contributed by atoms with Crippen LogP contribution in [0, 0.1) is 11.3 Å². The first-order valence-corrected chi connectivity index (χ1v) is 5.84. The van der Waals surface area contributed by atoms with Gasteiger partial charge in [0.25, 0.3) is 0 Å². The summed E-state index contributed by atoms with van der Waals surface area (Å²) in [4.78, 5) is 2.56. The monoisotopic (exact) mass is 195 g/mol. The molecule has 0 amide bonds. The number of amidine groups is 1. The topological polar surface area (TPSA) is 53.1 Å². The number of nitrogens with one attached hydrogen (secondary N) is 1. The molecule has 80 valence electrons. The Morgan fingerprint density at radius 1 is 1.29 bits per heavy atom. The van der Waals surface area contributed by atoms with E-state index in [1.165, 1.54) is 38.6 Å². The lowest BCUT2D eigenvalue weighted by Crippen LogP contribution is -2.36. The van der Waals surface area contributed by atoms with Gasteiger partial charge < -0.3 is 5.73 Å². The van der Waals surface area contributed by atoms with E-state index in [-0.39, 0.29) is 0 Å². The van der Waals surface area contributed by atoms with Crippen LogP contribution in [0.4, 0.5) is 0 Å². The van der Waals surface area contributed by atoms with Crippen molar-refractivity contribution in [3.63, 3.8) is 0 Å². The van der Waals surface area contributed by atoms with E-state index in [1.54, 1.807) is 0 Å². The Kier molecular flexibility index (Phi) is 3.06. The molecule has 2 rings (SSSR count). The van der Waals surface area contributed by atoms with Gasteiger partial charge in [0.05, 0.1) is 5.84 Å². The molecule has 2 aliphatic rings. The minimum Gasteiger partial charge on any atom is -0.388 e. The summed E-state index contributed by atoms with van der Waals surface area (Å²) in [6.07, 6.45) is 7.77. The molecule has 0 aromatic heterocycles. The van der Waals surface area contributed by atoms with Crippen LogP contribution in [0.3, 0.4) is 0 Å². The molecule has 2 atom stereocenters. The minimum absolute atomic E-state index is 0.337. The highest BCUT2D eigenvalue weighted by Gasteiger charge is 2.34. The number of hydrogen-bond donors (Lipinski definition) is 2. The summed E-state index contributed by atoms with van der Waals surface area (Å²) < 4.78 is 0. The van der Waals surface area contributed by atoms with Crippen molar-refractivity contribution >= 4 is 5.84 Å². The van der Waals surface area contributed by atoms with Gasteiger partial charge in [-0.05, 0) is 31.7 Å². The molecule has 14 heavy (non-hydrogen) atoms. The first kappa shape index (κ1) is 9.97. The van der Waals surface area contributed by atoms with E-state index in [0.717, 1.165) is 24.9 Å². The third kappa shape index (κ3) is 2.08. The van der Waals surface area contributed by atoms with E-state index in [0.29, 0.717) is 5.84 Å². The van der Waals surface area contributed by atoms with Crippen molar-refractivity contribution in [1.29, 1.82) is 5.41 Å². The third-order valence-electron chi connectivity index (χ3n) is 3.79. The molecular weight excluding hydrogens is 174 g/mol. The third-order valence-corrected chi connectivity index (χ3v) is 3.79. The van der Waals surface area contributed by atoms with Crippen LogP contribution in [0.2, 0.25) is 0 Å². The molecule has 3 nitrogen and oxygen atoms in total. The quantitative estimate of drug-likeness (QED) is 0.530. The first-order valence-electron chi connectivity index (χ1n) is 5.84. The fraction of sp³-hybridized carbons (Fsp3) is 0.909. The lowest BCUT2D eigenvalue weighted by Gasteiger charge is -2.31. The Morgan fingerprint density at radius 2 is 2.07 bits per heavy atom. The number of likely N-dealkylation sites (tertiary alicyclic amines) is 1. The first-order chi connectivity index (χ1) is 6.77. The van der Waals surface area contributed by atoms with Crippen LogP contribution in [0.5, 0.6) is 0 Å². The second-order valence-corrected chi connectivity index (χ2v) is 4.71. The highest BCUT2D eigenvalue weighted by molar-refractivity contribution is 5.76. The Balaban J connectivity index is 1.84. The normalized spacial score (nSPS) is 32.9. The Labute approximate surface area is 86.2 Å². The van der Waals surface area contributed by atoms with Gasteiger partial charge in [-0.3, -0.25) is 10.3 Å². The summed E-state index contributed by atoms with van der Waals surface area (Å²) in [6.45, 7) is 2.25. The molecule has 2 unspecified atom stereocenters. The van der Waals surface area contributed by atoms with E-state index in [9.17, 15) is 0 Å². The van der Waals surface area contributed by atoms with Crippen molar-refractivity contribution in [3.8, 4) is 0 Å². The van der Waals surface area contributed by atoms with Crippen molar-refractivity contribution in [2.24, 2.45) is 11.7 Å². The zero-order valence-electron chi connectivity index (χ0n) is 8.84. The maximum absolute atomic E-state index is 7.24. The molecule has 1 aliphatic carbocycles. The Bertz CT molecular complexity index is 215. The maximum Gasteiger partial charge on any atom is 0.0918 e. The van der Waals surface area contributed by atoms with Crippen LogP contribution in [-0.4, -0.2) is 29.9 Å². The Hall–Kier alpha value is -0.570. The smallest absolute Gasteiger partial charge is 0.0918 e. The second-order valence-electron chi connectivity index (χ2n) is 4.71. The summed E-state index contributed by atoms with van der Waals surface area (Å²) in [6, 6.07) is 0.822. The van der Waals surface area contributed by atoms with Gasteiger partial charge >= 0.3 is 0 Å². The molecule has 3 N–H and O–H groups in total. The molecule has 2 fully saturated rings. The number of hydrogen-bond acceptors (Lipinski definition) is 2. The molecule has 1 saturated carbocycles. The zero-order valence-corrected chi connectivity index (χ0v) is 8.84. The maximum atomic E-state index is 7.24. The van der Waals surface area contributed by atoms with Gasteiger partial charge in [-0.1, -0.05) is 12.8 Å². The summed E-state index contributed by atoms with van der Waals surface area (Å²) in [5.41, 5.74) is 5.40. The largest absolute Gasteiger partial charge is 0.388 e. The summed E-state index contributed by atoms with van der Waals surface area (Å²) in [5, 5.41) is 7.24. The van der Waals surface area contributed by atoms with E-state index in [4.69, 9.17) is 11.1 Å². The number of rotatable bonds is 3. The second kappa shape index (κ2) is 4.30. The Morgan fingerprint density at radius 3 is 2.86 bits per heavy atom. The van der Waals surface area contributed by atoms with Crippen molar-refractivity contribution < 1.29 is 0 Å². The number of nitrogens with zero attached hydrogens (tertiary/aromatic N) is 1. The molecule has 0 aromatic carbocycles. The summed E-state index contributed by atoms with van der Waals surface area (Å²) in [5.74, 6) is 1.29. The van der Waals surface area contributed by atoms with Crippen LogP contribution in [-0.2, 0) is 0 Å². The summed E-state index contributed by atoms with van der Waals surface area (Å²) >= 11 is 0. The average molecular weight is 195 g/mol. The molecule has 3 heteroatoms. The highest BCUT2D eigenvalue weighted by Crippen LogP contribution is 2.35. The molecule has 0 spiro atoms. The molecule has 0 aromatic rings. The van der Waals surface area contributed by atoms with Gasteiger partial charge in [0.2, 0.25) is 0 Å². The molecule has 0 bridgehead atoms. The average Bonchev–Trinajstić information content (AvgIpc) is 2.58. The zero-order chi connectivity index (χ0) is 9.97. The van der Waals surface area contributed by atoms with Crippen molar-refractivity contribution in [2.75, 3.05) is 13.1 Å². The van der Waals surface area contributed by atoms with Crippen LogP contribution >= 0.6 is 0 Å². The van der Waals surface area contributed by atoms with E-state index in [2.05, 4.69) is 4.90 Å². The van der Waals surface area contributed by atoms with Gasteiger partial charge in [-0.2, -0.15) is 0 Å². The molecule has 1 heterocycles. The lowest BCUT2D eigenvalue weighted by molar-refractivity contribution is 0.186. The fourth-order valence-corrected chi connectivity index (χ4v) is 3.04. The predicted molar refractivity (Wildman–Crippen MR) is 58.5 cm³/mol. The van der Waals surface area contributed by atoms with Gasteiger partial charge in [0.1, 0.15) is 0 Å². The molecular formula is C11H21N3. The van der Waals surface area contributed by atoms with Crippen molar-refractivity contribution in [1.82, 2.24) is 4.90 Å². The standard InChI is InChI=1S/C11H21N3/c12-11(13)6-8-14-7-5-9-3-1-2-4-10(9)14/h9-10H,1-8H2,(H3,12,13). The van der Waals surface area contributed by atoms with Crippen LogP contribution < -0.4 is 5.73 Å². The lowest BCUT2D eigenvalue weighted by atomic mass is 9.85.